The highest BCUT2D eigenvalue weighted by Crippen LogP contribution is 2.27. The summed E-state index contributed by atoms with van der Waals surface area (Å²) >= 11 is 1.18. The predicted octanol–water partition coefficient (Wildman–Crippen LogP) is 3.12. The van der Waals surface area contributed by atoms with E-state index in [1.54, 1.807) is 6.07 Å². The molecule has 0 fully saturated rings. The largest absolute Gasteiger partial charge is 0.481 e. The number of carbonyl (C=O) groups is 1. The minimum absolute atomic E-state index is 0.0156. The van der Waals surface area contributed by atoms with Gasteiger partial charge >= 0.3 is 5.97 Å². The summed E-state index contributed by atoms with van der Waals surface area (Å²) in [4.78, 5) is 10.4. The van der Waals surface area contributed by atoms with Crippen molar-refractivity contribution >= 4 is 17.7 Å². The summed E-state index contributed by atoms with van der Waals surface area (Å²) in [7, 11) is 0. The predicted molar refractivity (Wildman–Crippen MR) is 62.5 cm³/mol. The average Bonchev–Trinajstić information content (AvgIpc) is 2.76. The maximum Gasteiger partial charge on any atom is 0.313 e. The molecule has 16 heavy (non-hydrogen) atoms. The number of furan rings is 1. The van der Waals surface area contributed by atoms with Crippen molar-refractivity contribution in [2.45, 2.75) is 5.09 Å². The van der Waals surface area contributed by atoms with Crippen LogP contribution in [0.2, 0.25) is 0 Å². The quantitative estimate of drug-likeness (QED) is 0.826. The normalized spacial score (nSPS) is 10.2. The fourth-order valence-corrected chi connectivity index (χ4v) is 1.87. The van der Waals surface area contributed by atoms with Crippen LogP contribution in [0.15, 0.2) is 52.0 Å². The molecule has 0 radical (unpaired) electrons. The molecule has 0 saturated heterocycles. The van der Waals surface area contributed by atoms with Crippen LogP contribution in [0.25, 0.3) is 11.3 Å². The van der Waals surface area contributed by atoms with Crippen molar-refractivity contribution in [3.8, 4) is 11.3 Å². The van der Waals surface area contributed by atoms with Crippen molar-refractivity contribution in [2.75, 3.05) is 5.75 Å². The highest BCUT2D eigenvalue weighted by molar-refractivity contribution is 7.99. The second kappa shape index (κ2) is 4.90. The van der Waals surface area contributed by atoms with Gasteiger partial charge < -0.3 is 9.52 Å². The summed E-state index contributed by atoms with van der Waals surface area (Å²) in [5.41, 5.74) is 0.990. The van der Waals surface area contributed by atoms with Crippen LogP contribution < -0.4 is 0 Å². The summed E-state index contributed by atoms with van der Waals surface area (Å²) in [6.07, 6.45) is 0. The van der Waals surface area contributed by atoms with Gasteiger partial charge in [0.15, 0.2) is 5.09 Å². The van der Waals surface area contributed by atoms with Crippen molar-refractivity contribution in [1.29, 1.82) is 0 Å². The number of carboxylic acids is 1. The zero-order valence-corrected chi connectivity index (χ0v) is 9.24. The second-order valence-electron chi connectivity index (χ2n) is 3.17. The lowest BCUT2D eigenvalue weighted by Crippen LogP contribution is -1.96. The molecule has 2 rings (SSSR count). The van der Waals surface area contributed by atoms with Crippen LogP contribution in [0.4, 0.5) is 0 Å². The third kappa shape index (κ3) is 2.67. The zero-order chi connectivity index (χ0) is 11.4. The number of benzene rings is 1. The molecule has 1 N–H and O–H groups in total. The van der Waals surface area contributed by atoms with Crippen LogP contribution in [0, 0.1) is 0 Å². The van der Waals surface area contributed by atoms with Crippen LogP contribution in [-0.4, -0.2) is 16.8 Å². The van der Waals surface area contributed by atoms with Crippen molar-refractivity contribution in [1.82, 2.24) is 0 Å². The molecular weight excluding hydrogens is 224 g/mol. The molecule has 0 unspecified atom stereocenters. The molecular formula is C12H10O3S. The van der Waals surface area contributed by atoms with Crippen molar-refractivity contribution in [2.24, 2.45) is 0 Å². The Labute approximate surface area is 97.1 Å². The van der Waals surface area contributed by atoms with Crippen molar-refractivity contribution in [3.63, 3.8) is 0 Å². The first-order chi connectivity index (χ1) is 7.75. The monoisotopic (exact) mass is 234 g/mol. The van der Waals surface area contributed by atoms with Gasteiger partial charge in [-0.1, -0.05) is 42.1 Å². The molecule has 1 heterocycles. The van der Waals surface area contributed by atoms with Crippen LogP contribution in [0.1, 0.15) is 0 Å². The first-order valence-corrected chi connectivity index (χ1v) is 5.74. The van der Waals surface area contributed by atoms with Gasteiger partial charge in [-0.2, -0.15) is 0 Å². The Bertz CT molecular complexity index is 476. The van der Waals surface area contributed by atoms with Gasteiger partial charge in [0, 0.05) is 5.56 Å². The van der Waals surface area contributed by atoms with E-state index in [2.05, 4.69) is 0 Å². The van der Waals surface area contributed by atoms with Gasteiger partial charge in [-0.25, -0.2) is 0 Å². The number of carboxylic acid groups (broad SMARTS) is 1. The molecule has 0 saturated carbocycles. The van der Waals surface area contributed by atoms with Gasteiger partial charge in [0.1, 0.15) is 5.76 Å². The van der Waals surface area contributed by atoms with Gasteiger partial charge in [0.05, 0.1) is 5.75 Å². The Balaban J connectivity index is 2.11. The maximum absolute atomic E-state index is 10.4. The molecule has 0 amide bonds. The number of hydrogen-bond donors (Lipinski definition) is 1. The van der Waals surface area contributed by atoms with E-state index in [9.17, 15) is 4.79 Å². The number of aliphatic carboxylic acids is 1. The molecule has 0 spiro atoms. The lowest BCUT2D eigenvalue weighted by Gasteiger charge is -1.95. The standard InChI is InChI=1S/C12H10O3S/c13-11(14)8-16-12-7-6-10(15-12)9-4-2-1-3-5-9/h1-7H,8H2,(H,13,14). The molecule has 82 valence electrons. The average molecular weight is 234 g/mol. The van der Waals surface area contributed by atoms with Crippen LogP contribution in [0.5, 0.6) is 0 Å². The third-order valence-electron chi connectivity index (χ3n) is 1.98. The third-order valence-corrected chi connectivity index (χ3v) is 2.87. The molecule has 3 nitrogen and oxygen atoms in total. The highest BCUT2D eigenvalue weighted by Gasteiger charge is 2.06. The number of rotatable bonds is 4. The van der Waals surface area contributed by atoms with E-state index < -0.39 is 5.97 Å². The minimum Gasteiger partial charge on any atom is -0.481 e. The van der Waals surface area contributed by atoms with Gasteiger partial charge in [-0.05, 0) is 12.1 Å². The topological polar surface area (TPSA) is 50.4 Å². The van der Waals surface area contributed by atoms with Crippen molar-refractivity contribution in [3.05, 3.63) is 42.5 Å². The molecule has 0 atom stereocenters. The Kier molecular flexibility index (Phi) is 3.31. The lowest BCUT2D eigenvalue weighted by atomic mass is 10.2. The molecule has 4 heteroatoms. The smallest absolute Gasteiger partial charge is 0.313 e. The van der Waals surface area contributed by atoms with E-state index in [1.165, 1.54) is 11.8 Å². The first kappa shape index (κ1) is 10.8. The summed E-state index contributed by atoms with van der Waals surface area (Å²) < 4.78 is 5.52. The van der Waals surface area contributed by atoms with E-state index in [0.29, 0.717) is 5.09 Å². The molecule has 2 aromatic rings. The zero-order valence-electron chi connectivity index (χ0n) is 8.42. The van der Waals surface area contributed by atoms with Gasteiger partial charge in [-0.3, -0.25) is 4.79 Å². The summed E-state index contributed by atoms with van der Waals surface area (Å²) in [5.74, 6) is -0.0713. The van der Waals surface area contributed by atoms with Crippen LogP contribution in [0.3, 0.4) is 0 Å². The Morgan fingerprint density at radius 1 is 1.19 bits per heavy atom. The Morgan fingerprint density at radius 3 is 2.62 bits per heavy atom. The number of thioether (sulfide) groups is 1. The van der Waals surface area contributed by atoms with E-state index >= 15 is 0 Å². The lowest BCUT2D eigenvalue weighted by molar-refractivity contribution is -0.133. The second-order valence-corrected chi connectivity index (χ2v) is 4.15. The SMILES string of the molecule is O=C(O)CSc1ccc(-c2ccccc2)o1. The molecule has 0 aliphatic carbocycles. The first-order valence-electron chi connectivity index (χ1n) is 4.75. The van der Waals surface area contributed by atoms with Gasteiger partial charge in [0.2, 0.25) is 0 Å². The number of hydrogen-bond acceptors (Lipinski definition) is 3. The fourth-order valence-electron chi connectivity index (χ4n) is 1.29. The van der Waals surface area contributed by atoms with E-state index in [0.717, 1.165) is 11.3 Å². The highest BCUT2D eigenvalue weighted by atomic mass is 32.2. The maximum atomic E-state index is 10.4. The molecule has 1 aromatic heterocycles. The van der Waals surface area contributed by atoms with E-state index in [4.69, 9.17) is 9.52 Å². The Hall–Kier alpha value is -1.68. The van der Waals surface area contributed by atoms with E-state index in [1.807, 2.05) is 36.4 Å². The van der Waals surface area contributed by atoms with E-state index in [-0.39, 0.29) is 5.75 Å². The van der Waals surface area contributed by atoms with Gasteiger partial charge in [-0.15, -0.1) is 0 Å². The molecule has 1 aromatic carbocycles. The van der Waals surface area contributed by atoms with Crippen LogP contribution in [-0.2, 0) is 4.79 Å². The molecule has 0 bridgehead atoms. The summed E-state index contributed by atoms with van der Waals surface area (Å²) in [6.45, 7) is 0. The van der Waals surface area contributed by atoms with Crippen molar-refractivity contribution < 1.29 is 14.3 Å². The van der Waals surface area contributed by atoms with Gasteiger partial charge in [0.25, 0.3) is 0 Å². The Morgan fingerprint density at radius 2 is 1.94 bits per heavy atom. The molecule has 0 aliphatic heterocycles. The fraction of sp³-hybridized carbons (Fsp3) is 0.0833. The summed E-state index contributed by atoms with van der Waals surface area (Å²) in [5, 5.41) is 9.16. The van der Waals surface area contributed by atoms with Crippen LogP contribution >= 0.6 is 11.8 Å². The molecule has 0 aliphatic rings. The minimum atomic E-state index is -0.845. The summed E-state index contributed by atoms with van der Waals surface area (Å²) in [6, 6.07) is 13.3.